The normalized spacial score (nSPS) is 11.1. The van der Waals surface area contributed by atoms with E-state index in [1.54, 1.807) is 0 Å². The number of nitrogens with zero attached hydrogens (tertiary/aromatic N) is 2. The summed E-state index contributed by atoms with van der Waals surface area (Å²) in [6.45, 7) is 7.93. The first-order valence-corrected chi connectivity index (χ1v) is 10.4. The molecule has 1 aromatic heterocycles. The Morgan fingerprint density at radius 1 is 1.07 bits per heavy atom. The van der Waals surface area contributed by atoms with Gasteiger partial charge in [0.05, 0.1) is 11.0 Å². The molecule has 3 rings (SSSR count). The summed E-state index contributed by atoms with van der Waals surface area (Å²) in [4.78, 5) is 17.3. The highest BCUT2D eigenvalue weighted by Gasteiger charge is 2.11. The third-order valence-corrected chi connectivity index (χ3v) is 5.21. The minimum Gasteiger partial charge on any atom is -0.352 e. The van der Waals surface area contributed by atoms with Gasteiger partial charge in [0.15, 0.2) is 0 Å². The fraction of sp³-hybridized carbons (Fsp3) is 0.417. The van der Waals surface area contributed by atoms with Gasteiger partial charge in [0, 0.05) is 25.1 Å². The molecule has 0 saturated carbocycles. The van der Waals surface area contributed by atoms with Gasteiger partial charge in [0.25, 0.3) is 5.91 Å². The zero-order chi connectivity index (χ0) is 19.9. The number of nitrogens with one attached hydrogen (secondary N) is 1. The molecule has 0 saturated heterocycles. The number of hydrogen-bond donors (Lipinski definition) is 1. The van der Waals surface area contributed by atoms with Gasteiger partial charge in [0.2, 0.25) is 0 Å². The maximum Gasteiger partial charge on any atom is 0.251 e. The molecule has 1 amide bonds. The van der Waals surface area contributed by atoms with Crippen LogP contribution in [0.3, 0.4) is 0 Å². The molecule has 1 heterocycles. The fourth-order valence-electron chi connectivity index (χ4n) is 3.70. The monoisotopic (exact) mass is 377 g/mol. The van der Waals surface area contributed by atoms with E-state index in [-0.39, 0.29) is 5.91 Å². The second-order valence-corrected chi connectivity index (χ2v) is 7.55. The minimum atomic E-state index is 0.00829. The Bertz CT molecular complexity index is 942. The Morgan fingerprint density at radius 2 is 1.89 bits per heavy atom. The molecular weight excluding hydrogens is 346 g/mol. The van der Waals surface area contributed by atoms with Crippen LogP contribution in [0.25, 0.3) is 11.0 Å². The van der Waals surface area contributed by atoms with E-state index >= 15 is 0 Å². The van der Waals surface area contributed by atoms with Gasteiger partial charge in [-0.25, -0.2) is 4.98 Å². The highest BCUT2D eigenvalue weighted by molar-refractivity contribution is 5.95. The number of carbonyl (C=O) groups excluding carboxylic acids is 1. The van der Waals surface area contributed by atoms with Gasteiger partial charge < -0.3 is 9.88 Å². The number of hydrogen-bond acceptors (Lipinski definition) is 2. The summed E-state index contributed by atoms with van der Waals surface area (Å²) in [5.41, 5.74) is 5.24. The van der Waals surface area contributed by atoms with Crippen LogP contribution in [-0.2, 0) is 13.0 Å². The SMILES string of the molecule is CCCCCn1c(CCCNC(=O)c2ccc(C)cc2C)nc2ccccc21. The summed E-state index contributed by atoms with van der Waals surface area (Å²) in [6, 6.07) is 14.3. The zero-order valence-corrected chi connectivity index (χ0v) is 17.3. The molecule has 0 aliphatic heterocycles. The average Bonchev–Trinajstić information content (AvgIpc) is 3.03. The maximum absolute atomic E-state index is 12.4. The van der Waals surface area contributed by atoms with Crippen molar-refractivity contribution in [1.82, 2.24) is 14.9 Å². The van der Waals surface area contributed by atoms with Gasteiger partial charge in [0.1, 0.15) is 5.82 Å². The largest absolute Gasteiger partial charge is 0.352 e. The van der Waals surface area contributed by atoms with Gasteiger partial charge >= 0.3 is 0 Å². The van der Waals surface area contributed by atoms with E-state index in [4.69, 9.17) is 4.98 Å². The van der Waals surface area contributed by atoms with E-state index in [1.165, 1.54) is 30.3 Å². The summed E-state index contributed by atoms with van der Waals surface area (Å²) >= 11 is 0. The molecule has 2 aromatic carbocycles. The highest BCUT2D eigenvalue weighted by atomic mass is 16.1. The Balaban J connectivity index is 1.60. The number of imidazole rings is 1. The predicted octanol–water partition coefficient (Wildman–Crippen LogP) is 5.21. The maximum atomic E-state index is 12.4. The van der Waals surface area contributed by atoms with Gasteiger partial charge in [-0.3, -0.25) is 4.79 Å². The summed E-state index contributed by atoms with van der Waals surface area (Å²) in [5.74, 6) is 1.13. The third kappa shape index (κ3) is 4.80. The Kier molecular flexibility index (Phi) is 6.85. The molecule has 0 spiro atoms. The van der Waals surface area contributed by atoms with E-state index in [9.17, 15) is 4.79 Å². The second kappa shape index (κ2) is 9.54. The van der Waals surface area contributed by atoms with Crippen LogP contribution >= 0.6 is 0 Å². The summed E-state index contributed by atoms with van der Waals surface area (Å²) < 4.78 is 2.36. The molecule has 28 heavy (non-hydrogen) atoms. The van der Waals surface area contributed by atoms with Crippen molar-refractivity contribution in [2.75, 3.05) is 6.54 Å². The van der Waals surface area contributed by atoms with Crippen molar-refractivity contribution in [3.63, 3.8) is 0 Å². The molecule has 3 aromatic rings. The first-order chi connectivity index (χ1) is 13.6. The molecule has 148 valence electrons. The first-order valence-electron chi connectivity index (χ1n) is 10.4. The van der Waals surface area contributed by atoms with Gasteiger partial charge in [-0.1, -0.05) is 49.6 Å². The standard InChI is InChI=1S/C24H31N3O/c1-4-5-8-16-27-22-11-7-6-10-21(22)26-23(27)12-9-15-25-24(28)20-14-13-18(2)17-19(20)3/h6-7,10-11,13-14,17H,4-5,8-9,12,15-16H2,1-3H3,(H,25,28). The number of para-hydroxylation sites is 2. The topological polar surface area (TPSA) is 46.9 Å². The van der Waals surface area contributed by atoms with Gasteiger partial charge in [-0.05, 0) is 50.5 Å². The smallest absolute Gasteiger partial charge is 0.251 e. The molecule has 0 aliphatic carbocycles. The van der Waals surface area contributed by atoms with Crippen LogP contribution in [0.4, 0.5) is 0 Å². The first kappa shape index (κ1) is 20.1. The van der Waals surface area contributed by atoms with Crippen LogP contribution < -0.4 is 5.32 Å². The van der Waals surface area contributed by atoms with Crippen molar-refractivity contribution < 1.29 is 4.79 Å². The van der Waals surface area contributed by atoms with Crippen molar-refractivity contribution in [1.29, 1.82) is 0 Å². The number of aromatic nitrogens is 2. The van der Waals surface area contributed by atoms with Crippen LogP contribution in [0, 0.1) is 13.8 Å². The summed E-state index contributed by atoms with van der Waals surface area (Å²) in [6.07, 6.45) is 5.37. The van der Waals surface area contributed by atoms with Crippen LogP contribution in [0.5, 0.6) is 0 Å². The van der Waals surface area contributed by atoms with E-state index in [2.05, 4.69) is 35.0 Å². The van der Waals surface area contributed by atoms with E-state index in [0.29, 0.717) is 6.54 Å². The number of aryl methyl sites for hydroxylation is 4. The van der Waals surface area contributed by atoms with Crippen LogP contribution in [0.15, 0.2) is 42.5 Å². The third-order valence-electron chi connectivity index (χ3n) is 5.21. The quantitative estimate of drug-likeness (QED) is 0.521. The second-order valence-electron chi connectivity index (χ2n) is 7.55. The molecule has 0 atom stereocenters. The summed E-state index contributed by atoms with van der Waals surface area (Å²) in [5, 5.41) is 3.06. The summed E-state index contributed by atoms with van der Waals surface area (Å²) in [7, 11) is 0. The lowest BCUT2D eigenvalue weighted by atomic mass is 10.1. The number of unbranched alkanes of at least 4 members (excludes halogenated alkanes) is 2. The minimum absolute atomic E-state index is 0.00829. The van der Waals surface area contributed by atoms with Crippen molar-refractivity contribution in [2.45, 2.75) is 59.4 Å². The number of benzene rings is 2. The van der Waals surface area contributed by atoms with E-state index < -0.39 is 0 Å². The van der Waals surface area contributed by atoms with Crippen molar-refractivity contribution >= 4 is 16.9 Å². The van der Waals surface area contributed by atoms with Crippen LogP contribution in [0.1, 0.15) is 59.9 Å². The Hall–Kier alpha value is -2.62. The predicted molar refractivity (Wildman–Crippen MR) is 116 cm³/mol. The average molecular weight is 378 g/mol. The van der Waals surface area contributed by atoms with Crippen LogP contribution in [0.2, 0.25) is 0 Å². The number of carbonyl (C=O) groups is 1. The Morgan fingerprint density at radius 3 is 2.68 bits per heavy atom. The molecule has 0 radical (unpaired) electrons. The van der Waals surface area contributed by atoms with E-state index in [1.807, 2.05) is 38.1 Å². The number of amides is 1. The highest BCUT2D eigenvalue weighted by Crippen LogP contribution is 2.18. The molecule has 0 aliphatic rings. The number of fused-ring (bicyclic) bond motifs is 1. The molecule has 0 bridgehead atoms. The fourth-order valence-corrected chi connectivity index (χ4v) is 3.70. The van der Waals surface area contributed by atoms with Crippen molar-refractivity contribution in [3.8, 4) is 0 Å². The Labute approximate surface area is 168 Å². The van der Waals surface area contributed by atoms with Crippen LogP contribution in [-0.4, -0.2) is 22.0 Å². The lowest BCUT2D eigenvalue weighted by Gasteiger charge is -2.10. The zero-order valence-electron chi connectivity index (χ0n) is 17.3. The molecule has 4 heteroatoms. The lowest BCUT2D eigenvalue weighted by molar-refractivity contribution is 0.0952. The van der Waals surface area contributed by atoms with Gasteiger partial charge in [-0.15, -0.1) is 0 Å². The molecule has 0 fully saturated rings. The lowest BCUT2D eigenvalue weighted by Crippen LogP contribution is -2.25. The molecular formula is C24H31N3O. The van der Waals surface area contributed by atoms with Crippen molar-refractivity contribution in [3.05, 3.63) is 65.0 Å². The van der Waals surface area contributed by atoms with Gasteiger partial charge in [-0.2, -0.15) is 0 Å². The molecule has 1 N–H and O–H groups in total. The van der Waals surface area contributed by atoms with E-state index in [0.717, 1.165) is 41.9 Å². The molecule has 0 unspecified atom stereocenters. The van der Waals surface area contributed by atoms with Crippen molar-refractivity contribution in [2.24, 2.45) is 0 Å². The molecule has 4 nitrogen and oxygen atoms in total. The number of rotatable bonds is 9.